The summed E-state index contributed by atoms with van der Waals surface area (Å²) in [6.07, 6.45) is -0.557. The topological polar surface area (TPSA) is 84.9 Å². The number of rotatable bonds is 5. The zero-order valence-corrected chi connectivity index (χ0v) is 13.6. The lowest BCUT2D eigenvalue weighted by atomic mass is 9.88. The van der Waals surface area contributed by atoms with Crippen LogP contribution in [-0.4, -0.2) is 31.0 Å². The minimum Gasteiger partial charge on any atom is -0.497 e. The first kappa shape index (κ1) is 16.9. The number of hydrogen-bond acceptors (Lipinski definition) is 5. The largest absolute Gasteiger partial charge is 0.497 e. The normalized spacial score (nSPS) is 18.5. The molecule has 0 spiro atoms. The third-order valence-electron chi connectivity index (χ3n) is 4.17. The fraction of sp³-hybridized carbons (Fsp3) is 0.222. The molecule has 2 aromatic carbocycles. The molecule has 6 nitrogen and oxygen atoms in total. The van der Waals surface area contributed by atoms with E-state index in [4.69, 9.17) is 9.47 Å². The Morgan fingerprint density at radius 1 is 1.20 bits per heavy atom. The molecule has 2 aromatic rings. The number of halogens is 1. The van der Waals surface area contributed by atoms with Crippen LogP contribution in [0.5, 0.6) is 11.5 Å². The maximum Gasteiger partial charge on any atom is 0.261 e. The molecule has 1 atom stereocenters. The molecule has 0 aromatic heterocycles. The average Bonchev–Trinajstić information content (AvgIpc) is 2.85. The van der Waals surface area contributed by atoms with Gasteiger partial charge in [0.15, 0.2) is 11.4 Å². The summed E-state index contributed by atoms with van der Waals surface area (Å²) < 4.78 is 23.8. The van der Waals surface area contributed by atoms with Gasteiger partial charge in [-0.1, -0.05) is 0 Å². The highest BCUT2D eigenvalue weighted by Gasteiger charge is 2.47. The van der Waals surface area contributed by atoms with E-state index >= 15 is 0 Å². The summed E-state index contributed by atoms with van der Waals surface area (Å²) >= 11 is 0. The molecule has 7 heteroatoms. The molecule has 0 saturated heterocycles. The van der Waals surface area contributed by atoms with E-state index in [1.54, 1.807) is 12.1 Å². The predicted octanol–water partition coefficient (Wildman–Crippen LogP) is 2.26. The van der Waals surface area contributed by atoms with Gasteiger partial charge < -0.3 is 19.9 Å². The lowest BCUT2D eigenvalue weighted by molar-refractivity contribution is -0.133. The van der Waals surface area contributed by atoms with Crippen LogP contribution < -0.4 is 14.8 Å². The van der Waals surface area contributed by atoms with Crippen molar-refractivity contribution in [2.24, 2.45) is 0 Å². The van der Waals surface area contributed by atoms with Crippen LogP contribution in [0.4, 0.5) is 10.1 Å². The number of ketones is 1. The minimum absolute atomic E-state index is 0.0349. The van der Waals surface area contributed by atoms with Gasteiger partial charge in [-0.15, -0.1) is 0 Å². The van der Waals surface area contributed by atoms with E-state index in [1.807, 2.05) is 0 Å². The summed E-state index contributed by atoms with van der Waals surface area (Å²) in [7, 11) is 2.85. The summed E-state index contributed by atoms with van der Waals surface area (Å²) in [6, 6.07) is 8.19. The monoisotopic (exact) mass is 345 g/mol. The number of carbonyl (C=O) groups is 2. The van der Waals surface area contributed by atoms with Crippen molar-refractivity contribution in [2.75, 3.05) is 19.5 Å². The van der Waals surface area contributed by atoms with Crippen molar-refractivity contribution in [1.29, 1.82) is 0 Å². The number of ether oxygens (including phenoxy) is 2. The van der Waals surface area contributed by atoms with Crippen molar-refractivity contribution >= 4 is 17.4 Å². The van der Waals surface area contributed by atoms with Gasteiger partial charge in [-0.05, 0) is 36.4 Å². The molecule has 130 valence electrons. The van der Waals surface area contributed by atoms with Crippen LogP contribution in [0.3, 0.4) is 0 Å². The zero-order valence-electron chi connectivity index (χ0n) is 13.6. The Kier molecular flexibility index (Phi) is 4.18. The van der Waals surface area contributed by atoms with Crippen LogP contribution in [0.15, 0.2) is 36.4 Å². The van der Waals surface area contributed by atoms with Crippen molar-refractivity contribution in [3.63, 3.8) is 0 Å². The molecule has 0 bridgehead atoms. The van der Waals surface area contributed by atoms with Gasteiger partial charge in [0.1, 0.15) is 17.3 Å². The number of benzene rings is 2. The summed E-state index contributed by atoms with van der Waals surface area (Å²) in [5.41, 5.74) is -1.68. The molecule has 1 heterocycles. The van der Waals surface area contributed by atoms with Crippen molar-refractivity contribution in [3.05, 3.63) is 53.3 Å². The Morgan fingerprint density at radius 2 is 1.96 bits per heavy atom. The molecule has 1 aliphatic rings. The van der Waals surface area contributed by atoms with Crippen LogP contribution in [0.2, 0.25) is 0 Å². The summed E-state index contributed by atoms with van der Waals surface area (Å²) in [5, 5.41) is 13.2. The van der Waals surface area contributed by atoms with Crippen molar-refractivity contribution in [2.45, 2.75) is 12.0 Å². The van der Waals surface area contributed by atoms with Crippen LogP contribution in [0.25, 0.3) is 0 Å². The van der Waals surface area contributed by atoms with Crippen LogP contribution in [-0.2, 0) is 10.4 Å². The number of methoxy groups -OCH3 is 2. The number of anilines is 1. The Hall–Kier alpha value is -2.93. The summed E-state index contributed by atoms with van der Waals surface area (Å²) in [5.74, 6) is -1.21. The molecule has 25 heavy (non-hydrogen) atoms. The van der Waals surface area contributed by atoms with E-state index in [9.17, 15) is 19.1 Å². The molecular weight excluding hydrogens is 329 g/mol. The second-order valence-electron chi connectivity index (χ2n) is 5.67. The van der Waals surface area contributed by atoms with Gasteiger partial charge in [0.05, 0.1) is 26.2 Å². The van der Waals surface area contributed by atoms with Crippen LogP contribution in [0, 0.1) is 5.82 Å². The molecule has 0 aliphatic carbocycles. The molecule has 1 aliphatic heterocycles. The van der Waals surface area contributed by atoms with Gasteiger partial charge >= 0.3 is 0 Å². The molecular formula is C18H16FNO5. The van der Waals surface area contributed by atoms with Gasteiger partial charge in [0.2, 0.25) is 0 Å². The standard InChI is InChI=1S/C18H16FNO5/c1-24-11-4-6-16(25-2)12(8-11)15(21)9-18(23)13-7-10(19)3-5-14(13)20-17(18)22/h3-8,23H,9H2,1-2H3,(H,20,22). The Balaban J connectivity index is 1.99. The van der Waals surface area contributed by atoms with E-state index in [0.717, 1.165) is 12.1 Å². The first-order valence-corrected chi connectivity index (χ1v) is 7.48. The van der Waals surface area contributed by atoms with Crippen molar-refractivity contribution in [3.8, 4) is 11.5 Å². The molecule has 0 radical (unpaired) electrons. The highest BCUT2D eigenvalue weighted by atomic mass is 19.1. The second kappa shape index (κ2) is 6.18. The number of carbonyl (C=O) groups excluding carboxylic acids is 2. The maximum absolute atomic E-state index is 13.5. The van der Waals surface area contributed by atoms with Crippen molar-refractivity contribution < 1.29 is 28.6 Å². The minimum atomic E-state index is -2.15. The number of nitrogens with one attached hydrogen (secondary N) is 1. The van der Waals surface area contributed by atoms with E-state index < -0.39 is 29.5 Å². The van der Waals surface area contributed by atoms with Crippen LogP contribution in [0.1, 0.15) is 22.3 Å². The molecule has 0 fully saturated rings. The summed E-state index contributed by atoms with van der Waals surface area (Å²) in [4.78, 5) is 24.9. The highest BCUT2D eigenvalue weighted by molar-refractivity contribution is 6.10. The first-order chi connectivity index (χ1) is 11.9. The van der Waals surface area contributed by atoms with Gasteiger partial charge in [-0.3, -0.25) is 9.59 Å². The molecule has 0 saturated carbocycles. The fourth-order valence-corrected chi connectivity index (χ4v) is 2.85. The number of aliphatic hydroxyl groups is 1. The third-order valence-corrected chi connectivity index (χ3v) is 4.17. The fourth-order valence-electron chi connectivity index (χ4n) is 2.85. The van der Waals surface area contributed by atoms with Crippen LogP contribution >= 0.6 is 0 Å². The smallest absolute Gasteiger partial charge is 0.261 e. The number of hydrogen-bond donors (Lipinski definition) is 2. The van der Waals surface area contributed by atoms with Gasteiger partial charge in [-0.2, -0.15) is 0 Å². The van der Waals surface area contributed by atoms with E-state index in [-0.39, 0.29) is 22.6 Å². The first-order valence-electron chi connectivity index (χ1n) is 7.48. The molecule has 2 N–H and O–H groups in total. The number of fused-ring (bicyclic) bond motifs is 1. The Bertz CT molecular complexity index is 867. The third kappa shape index (κ3) is 2.83. The lowest BCUT2D eigenvalue weighted by Crippen LogP contribution is -2.36. The average molecular weight is 345 g/mol. The molecule has 1 amide bonds. The quantitative estimate of drug-likeness (QED) is 0.812. The highest BCUT2D eigenvalue weighted by Crippen LogP contribution is 2.40. The SMILES string of the molecule is COc1ccc(OC)c(C(=O)CC2(O)C(=O)Nc3ccc(F)cc32)c1. The molecule has 3 rings (SSSR count). The van der Waals surface area contributed by atoms with E-state index in [0.29, 0.717) is 5.75 Å². The molecule has 1 unspecified atom stereocenters. The Morgan fingerprint density at radius 3 is 2.64 bits per heavy atom. The summed E-state index contributed by atoms with van der Waals surface area (Å²) in [6.45, 7) is 0. The number of Topliss-reactive ketones (excluding diaryl/α,β-unsaturated/α-hetero) is 1. The van der Waals surface area contributed by atoms with Gasteiger partial charge in [0.25, 0.3) is 5.91 Å². The lowest BCUT2D eigenvalue weighted by Gasteiger charge is -2.20. The van der Waals surface area contributed by atoms with Gasteiger partial charge in [-0.25, -0.2) is 4.39 Å². The second-order valence-corrected chi connectivity index (χ2v) is 5.67. The van der Waals surface area contributed by atoms with Crippen molar-refractivity contribution in [1.82, 2.24) is 0 Å². The predicted molar refractivity (Wildman–Crippen MR) is 87.4 cm³/mol. The van der Waals surface area contributed by atoms with E-state index in [2.05, 4.69) is 5.32 Å². The zero-order chi connectivity index (χ0) is 18.2. The maximum atomic E-state index is 13.5. The van der Waals surface area contributed by atoms with Gasteiger partial charge in [0, 0.05) is 11.3 Å². The number of amides is 1. The Labute approximate surface area is 143 Å². The van der Waals surface area contributed by atoms with E-state index in [1.165, 1.54) is 26.4 Å².